The zero-order valence-electron chi connectivity index (χ0n) is 8.88. The van der Waals surface area contributed by atoms with Gasteiger partial charge in [0.2, 0.25) is 5.91 Å². The van der Waals surface area contributed by atoms with Gasteiger partial charge in [0.25, 0.3) is 0 Å². The van der Waals surface area contributed by atoms with E-state index in [1.165, 1.54) is 5.56 Å². The van der Waals surface area contributed by atoms with Crippen molar-refractivity contribution in [2.45, 2.75) is 20.3 Å². The molecule has 1 aliphatic carbocycles. The molecule has 0 aliphatic heterocycles. The SMILES string of the molecule is Cc1ccc(NC(=O)C2CC2C)c(Br)c1. The van der Waals surface area contributed by atoms with Crippen LogP contribution in [0.1, 0.15) is 18.9 Å². The quantitative estimate of drug-likeness (QED) is 0.875. The second-order valence-corrected chi connectivity index (χ2v) is 5.15. The first-order valence-corrected chi connectivity index (χ1v) is 5.94. The molecule has 0 aromatic heterocycles. The number of nitrogens with one attached hydrogen (secondary N) is 1. The van der Waals surface area contributed by atoms with Crippen LogP contribution in [0.3, 0.4) is 0 Å². The summed E-state index contributed by atoms with van der Waals surface area (Å²) in [6, 6.07) is 5.94. The maximum atomic E-state index is 11.7. The summed E-state index contributed by atoms with van der Waals surface area (Å²) in [5, 5.41) is 2.94. The van der Waals surface area contributed by atoms with Crippen molar-refractivity contribution in [2.24, 2.45) is 11.8 Å². The van der Waals surface area contributed by atoms with Gasteiger partial charge in [0.05, 0.1) is 5.69 Å². The van der Waals surface area contributed by atoms with Crippen molar-refractivity contribution in [1.82, 2.24) is 0 Å². The lowest BCUT2D eigenvalue weighted by Gasteiger charge is -2.07. The number of carbonyl (C=O) groups is 1. The zero-order valence-corrected chi connectivity index (χ0v) is 10.5. The van der Waals surface area contributed by atoms with Gasteiger partial charge in [-0.1, -0.05) is 13.0 Å². The molecule has 0 saturated heterocycles. The largest absolute Gasteiger partial charge is 0.325 e. The van der Waals surface area contributed by atoms with E-state index >= 15 is 0 Å². The number of amides is 1. The first kappa shape index (κ1) is 10.7. The Morgan fingerprint density at radius 1 is 1.53 bits per heavy atom. The third-order valence-electron chi connectivity index (χ3n) is 2.83. The summed E-state index contributed by atoms with van der Waals surface area (Å²) in [6.45, 7) is 4.13. The molecule has 1 N–H and O–H groups in total. The highest BCUT2D eigenvalue weighted by Gasteiger charge is 2.39. The van der Waals surface area contributed by atoms with Crippen LogP contribution in [0.25, 0.3) is 0 Å². The molecule has 1 aliphatic rings. The van der Waals surface area contributed by atoms with Crippen LogP contribution >= 0.6 is 15.9 Å². The molecule has 80 valence electrons. The predicted octanol–water partition coefficient (Wildman–Crippen LogP) is 3.35. The number of anilines is 1. The Labute approximate surface area is 98.2 Å². The third kappa shape index (κ3) is 2.40. The van der Waals surface area contributed by atoms with E-state index in [4.69, 9.17) is 0 Å². The van der Waals surface area contributed by atoms with Crippen LogP contribution in [-0.4, -0.2) is 5.91 Å². The second-order valence-electron chi connectivity index (χ2n) is 4.29. The molecule has 0 bridgehead atoms. The van der Waals surface area contributed by atoms with Gasteiger partial charge in [-0.25, -0.2) is 0 Å². The lowest BCUT2D eigenvalue weighted by molar-refractivity contribution is -0.117. The molecule has 0 radical (unpaired) electrons. The van der Waals surface area contributed by atoms with Crippen molar-refractivity contribution in [2.75, 3.05) is 5.32 Å². The minimum Gasteiger partial charge on any atom is -0.325 e. The van der Waals surface area contributed by atoms with E-state index in [1.807, 2.05) is 25.1 Å². The smallest absolute Gasteiger partial charge is 0.227 e. The molecule has 15 heavy (non-hydrogen) atoms. The number of benzene rings is 1. The van der Waals surface area contributed by atoms with Crippen molar-refractivity contribution in [3.8, 4) is 0 Å². The van der Waals surface area contributed by atoms with Crippen LogP contribution in [0.2, 0.25) is 0 Å². The molecule has 1 amide bonds. The average molecular weight is 268 g/mol. The molecule has 0 heterocycles. The van der Waals surface area contributed by atoms with Crippen LogP contribution < -0.4 is 5.32 Å². The first-order valence-electron chi connectivity index (χ1n) is 5.15. The number of aryl methyl sites for hydroxylation is 1. The van der Waals surface area contributed by atoms with Crippen molar-refractivity contribution < 1.29 is 4.79 Å². The standard InChI is InChI=1S/C12H14BrNO/c1-7-3-4-11(10(13)5-7)14-12(15)9-6-8(9)2/h3-5,8-9H,6H2,1-2H3,(H,14,15). The maximum Gasteiger partial charge on any atom is 0.227 e. The molecule has 2 atom stereocenters. The van der Waals surface area contributed by atoms with Gasteiger partial charge in [0.1, 0.15) is 0 Å². The third-order valence-corrected chi connectivity index (χ3v) is 3.48. The van der Waals surface area contributed by atoms with Crippen LogP contribution in [0.15, 0.2) is 22.7 Å². The Bertz CT molecular complexity index is 403. The van der Waals surface area contributed by atoms with Gasteiger partial charge in [-0.15, -0.1) is 0 Å². The molecule has 1 aromatic carbocycles. The highest BCUT2D eigenvalue weighted by Crippen LogP contribution is 2.39. The maximum absolute atomic E-state index is 11.7. The summed E-state index contributed by atoms with van der Waals surface area (Å²) in [4.78, 5) is 11.7. The second kappa shape index (κ2) is 3.97. The highest BCUT2D eigenvalue weighted by molar-refractivity contribution is 9.10. The number of halogens is 1. The molecule has 3 heteroatoms. The summed E-state index contributed by atoms with van der Waals surface area (Å²) in [6.07, 6.45) is 1.02. The fourth-order valence-corrected chi connectivity index (χ4v) is 2.23. The van der Waals surface area contributed by atoms with Crippen molar-refractivity contribution in [3.05, 3.63) is 28.2 Å². The van der Waals surface area contributed by atoms with E-state index in [0.29, 0.717) is 5.92 Å². The van der Waals surface area contributed by atoms with Gasteiger partial charge in [-0.05, 0) is 52.9 Å². The van der Waals surface area contributed by atoms with Crippen LogP contribution in [0.5, 0.6) is 0 Å². The monoisotopic (exact) mass is 267 g/mol. The Kier molecular flexibility index (Phi) is 2.83. The minimum atomic E-state index is 0.145. The Hall–Kier alpha value is -0.830. The van der Waals surface area contributed by atoms with E-state index in [-0.39, 0.29) is 11.8 Å². The summed E-state index contributed by atoms with van der Waals surface area (Å²) in [5.41, 5.74) is 2.05. The van der Waals surface area contributed by atoms with Crippen LogP contribution in [0, 0.1) is 18.8 Å². The van der Waals surface area contributed by atoms with E-state index in [9.17, 15) is 4.79 Å². The molecule has 1 fully saturated rings. The summed E-state index contributed by atoms with van der Waals surface area (Å²) < 4.78 is 0.948. The van der Waals surface area contributed by atoms with Gasteiger partial charge >= 0.3 is 0 Å². The molecule has 2 nitrogen and oxygen atoms in total. The average Bonchev–Trinajstić information content (AvgIpc) is 2.88. The van der Waals surface area contributed by atoms with E-state index in [2.05, 4.69) is 28.2 Å². The number of hydrogen-bond acceptors (Lipinski definition) is 1. The van der Waals surface area contributed by atoms with Crippen LogP contribution in [0.4, 0.5) is 5.69 Å². The number of hydrogen-bond donors (Lipinski definition) is 1. The van der Waals surface area contributed by atoms with E-state index in [0.717, 1.165) is 16.6 Å². The van der Waals surface area contributed by atoms with Gasteiger partial charge < -0.3 is 5.32 Å². The molecule has 0 spiro atoms. The van der Waals surface area contributed by atoms with Crippen LogP contribution in [-0.2, 0) is 4.79 Å². The Morgan fingerprint density at radius 3 is 2.73 bits per heavy atom. The summed E-state index contributed by atoms with van der Waals surface area (Å²) in [7, 11) is 0. The highest BCUT2D eigenvalue weighted by atomic mass is 79.9. The molecule has 2 rings (SSSR count). The fourth-order valence-electron chi connectivity index (χ4n) is 1.63. The summed E-state index contributed by atoms with van der Waals surface area (Å²) >= 11 is 3.45. The normalized spacial score (nSPS) is 23.7. The van der Waals surface area contributed by atoms with Crippen molar-refractivity contribution in [1.29, 1.82) is 0 Å². The minimum absolute atomic E-state index is 0.145. The Balaban J connectivity index is 2.07. The molecule has 1 aromatic rings. The molecular formula is C12H14BrNO. The zero-order chi connectivity index (χ0) is 11.0. The molecule has 1 saturated carbocycles. The lowest BCUT2D eigenvalue weighted by Crippen LogP contribution is -2.14. The van der Waals surface area contributed by atoms with E-state index in [1.54, 1.807) is 0 Å². The molecule has 2 unspecified atom stereocenters. The van der Waals surface area contributed by atoms with Gasteiger partial charge in [-0.3, -0.25) is 4.79 Å². The van der Waals surface area contributed by atoms with Gasteiger partial charge in [-0.2, -0.15) is 0 Å². The first-order chi connectivity index (χ1) is 7.08. The van der Waals surface area contributed by atoms with E-state index < -0.39 is 0 Å². The lowest BCUT2D eigenvalue weighted by atomic mass is 10.2. The fraction of sp³-hybridized carbons (Fsp3) is 0.417. The molecular weight excluding hydrogens is 254 g/mol. The topological polar surface area (TPSA) is 29.1 Å². The number of rotatable bonds is 2. The predicted molar refractivity (Wildman–Crippen MR) is 64.8 cm³/mol. The summed E-state index contributed by atoms with van der Waals surface area (Å²) in [5.74, 6) is 0.916. The van der Waals surface area contributed by atoms with Crippen molar-refractivity contribution >= 4 is 27.5 Å². The van der Waals surface area contributed by atoms with Crippen molar-refractivity contribution in [3.63, 3.8) is 0 Å². The van der Waals surface area contributed by atoms with Gasteiger partial charge in [0, 0.05) is 10.4 Å². The Morgan fingerprint density at radius 2 is 2.20 bits per heavy atom. The van der Waals surface area contributed by atoms with Gasteiger partial charge in [0.15, 0.2) is 0 Å². The number of carbonyl (C=O) groups excluding carboxylic acids is 1.